The number of pyridine rings is 4. The minimum Gasteiger partial charge on any atom is -0.496 e. The molecule has 434 valence electrons. The molecular weight excluding hydrogens is 1090 g/mol. The standard InChI is InChI=1S/C28H26N4O5.C18H24BNO4.C16H14ClN3O3/c1-32(2)28(33)23-14-25(34-3)21(16-31-23)26-13-22-27(37-26)20(6-9-30-22)17-4-5-24(18(12-17)15-29)36-19-7-10-35-11-8-19;1-17(2)18(3,4)24-19(23-17)14-5-6-16(13(11-14)12-20)22-15-7-9-21-10-8-15;1-20(2)16(21)12-7-13(22-3)9(8-19-12)14-6-11-15(23-14)10(17)4-5-18-11/h4-6,9,12-14,16,19H,7-8,10-11H2,1-3H3;5-6,11,15H,7-10H2,1-4H3;4-8H,1-3H3. The minimum atomic E-state index is -0.473. The second-order valence-electron chi connectivity index (χ2n) is 21.4. The summed E-state index contributed by atoms with van der Waals surface area (Å²) in [5.41, 5.74) is 6.72. The van der Waals surface area contributed by atoms with Gasteiger partial charge in [0.15, 0.2) is 11.2 Å². The van der Waals surface area contributed by atoms with Crippen molar-refractivity contribution in [2.45, 2.75) is 76.8 Å². The number of aromatic nitrogens is 4. The highest BCUT2D eigenvalue weighted by molar-refractivity contribution is 6.62. The van der Waals surface area contributed by atoms with Gasteiger partial charge in [-0.25, -0.2) is 0 Å². The molecule has 84 heavy (non-hydrogen) atoms. The fraction of sp³-hybridized carbons (Fsp3) is 0.355. The first-order valence-corrected chi connectivity index (χ1v) is 27.6. The SMILES string of the molecule is CC1(C)OB(c2ccc(OC3CCOCC3)c(C#N)c2)OC1(C)C.COc1cc(C(=O)N(C)C)ncc1-c1cc2nccc(-c3ccc(OC4CCOCC4)c(C#N)c3)c2o1.COc1cc(C(=O)N(C)C)ncc1-c1cc2nccc(Cl)c2o1. The van der Waals surface area contributed by atoms with E-state index in [4.69, 9.17) is 58.2 Å². The van der Waals surface area contributed by atoms with Crippen LogP contribution in [0.4, 0.5) is 0 Å². The second kappa shape index (κ2) is 25.9. The molecule has 0 N–H and O–H groups in total. The Labute approximate surface area is 492 Å². The first kappa shape index (κ1) is 60.0. The number of rotatable bonds is 12. The van der Waals surface area contributed by atoms with Gasteiger partial charge < -0.3 is 56.4 Å². The number of nitriles is 2. The number of hydrogen-bond donors (Lipinski definition) is 0. The lowest BCUT2D eigenvalue weighted by atomic mass is 9.78. The average molecular weight is 1160 g/mol. The van der Waals surface area contributed by atoms with Crippen LogP contribution in [0.15, 0.2) is 106 Å². The molecule has 22 heteroatoms. The van der Waals surface area contributed by atoms with E-state index in [1.165, 1.54) is 24.0 Å². The smallest absolute Gasteiger partial charge is 0.494 e. The van der Waals surface area contributed by atoms with E-state index >= 15 is 0 Å². The van der Waals surface area contributed by atoms with Crippen LogP contribution in [-0.2, 0) is 18.8 Å². The maximum atomic E-state index is 12.3. The largest absolute Gasteiger partial charge is 0.496 e. The summed E-state index contributed by atoms with van der Waals surface area (Å²) in [4.78, 5) is 44.4. The molecule has 0 unspecified atom stereocenters. The van der Waals surface area contributed by atoms with Crippen LogP contribution in [0, 0.1) is 22.7 Å². The van der Waals surface area contributed by atoms with E-state index in [0.717, 1.165) is 42.3 Å². The summed E-state index contributed by atoms with van der Waals surface area (Å²) < 4.78 is 57.9. The number of amides is 2. The van der Waals surface area contributed by atoms with Crippen molar-refractivity contribution in [3.05, 3.63) is 125 Å². The van der Waals surface area contributed by atoms with Gasteiger partial charge in [0, 0.05) is 108 Å². The van der Waals surface area contributed by atoms with E-state index in [1.807, 2.05) is 58.0 Å². The van der Waals surface area contributed by atoms with Gasteiger partial charge in [0.2, 0.25) is 0 Å². The lowest BCUT2D eigenvalue weighted by Crippen LogP contribution is -2.41. The first-order valence-electron chi connectivity index (χ1n) is 27.2. The van der Waals surface area contributed by atoms with Crippen molar-refractivity contribution < 1.29 is 56.2 Å². The number of carbonyl (C=O) groups excluding carboxylic acids is 2. The number of nitrogens with zero attached hydrogens (tertiary/aromatic N) is 8. The summed E-state index contributed by atoms with van der Waals surface area (Å²) in [6.45, 7) is 10.8. The van der Waals surface area contributed by atoms with Crippen LogP contribution >= 0.6 is 11.6 Å². The molecule has 3 aliphatic rings. The van der Waals surface area contributed by atoms with Gasteiger partial charge in [-0.05, 0) is 75.1 Å². The molecule has 0 bridgehead atoms. The van der Waals surface area contributed by atoms with Gasteiger partial charge in [-0.3, -0.25) is 29.5 Å². The monoisotopic (exact) mass is 1160 g/mol. The number of halogens is 1. The number of carbonyl (C=O) groups is 2. The molecule has 0 atom stereocenters. The van der Waals surface area contributed by atoms with Gasteiger partial charge >= 0.3 is 7.12 Å². The summed E-state index contributed by atoms with van der Waals surface area (Å²) >= 11 is 6.10. The lowest BCUT2D eigenvalue weighted by Gasteiger charge is -2.32. The zero-order valence-electron chi connectivity index (χ0n) is 48.5. The third-order valence-electron chi connectivity index (χ3n) is 14.7. The van der Waals surface area contributed by atoms with Crippen LogP contribution in [0.25, 0.3) is 56.0 Å². The predicted octanol–water partition coefficient (Wildman–Crippen LogP) is 10.4. The van der Waals surface area contributed by atoms with Crippen molar-refractivity contribution in [2.75, 3.05) is 68.8 Å². The molecule has 11 rings (SSSR count). The fourth-order valence-electron chi connectivity index (χ4n) is 9.31. The molecule has 8 aromatic rings. The highest BCUT2D eigenvalue weighted by atomic mass is 35.5. The van der Waals surface area contributed by atoms with Crippen LogP contribution in [0.3, 0.4) is 0 Å². The van der Waals surface area contributed by atoms with Crippen LogP contribution in [0.5, 0.6) is 23.0 Å². The average Bonchev–Trinajstić information content (AvgIpc) is 3.20. The predicted molar refractivity (Wildman–Crippen MR) is 315 cm³/mol. The molecule has 0 spiro atoms. The normalized spacial score (nSPS) is 15.6. The van der Waals surface area contributed by atoms with Crippen molar-refractivity contribution in [1.82, 2.24) is 29.7 Å². The van der Waals surface area contributed by atoms with Crippen LogP contribution in [0.1, 0.15) is 85.5 Å². The number of benzene rings is 2. The molecule has 0 aliphatic carbocycles. The highest BCUT2D eigenvalue weighted by Gasteiger charge is 2.52. The third-order valence-corrected chi connectivity index (χ3v) is 15.0. The molecule has 2 amide bonds. The number of ether oxygens (including phenoxy) is 6. The molecular formula is C62H64BClN8O12. The fourth-order valence-corrected chi connectivity index (χ4v) is 9.50. The Morgan fingerprint density at radius 2 is 1.06 bits per heavy atom. The Hall–Kier alpha value is -8.57. The molecule has 0 radical (unpaired) electrons. The molecule has 3 fully saturated rings. The van der Waals surface area contributed by atoms with Gasteiger partial charge in [0.25, 0.3) is 11.8 Å². The zero-order valence-corrected chi connectivity index (χ0v) is 49.2. The summed E-state index contributed by atoms with van der Waals surface area (Å²) in [7, 11) is 9.24. The summed E-state index contributed by atoms with van der Waals surface area (Å²) in [5, 5.41) is 19.8. The van der Waals surface area contributed by atoms with E-state index in [-0.39, 0.29) is 29.7 Å². The summed E-state index contributed by atoms with van der Waals surface area (Å²) in [5.74, 6) is 2.72. The molecule has 3 saturated heterocycles. The molecule has 6 aromatic heterocycles. The van der Waals surface area contributed by atoms with E-state index in [2.05, 4.69) is 32.1 Å². The molecule has 2 aromatic carbocycles. The van der Waals surface area contributed by atoms with Crippen molar-refractivity contribution in [2.24, 2.45) is 0 Å². The van der Waals surface area contributed by atoms with Gasteiger partial charge in [-0.2, -0.15) is 10.5 Å². The van der Waals surface area contributed by atoms with E-state index in [9.17, 15) is 20.1 Å². The van der Waals surface area contributed by atoms with Gasteiger partial charge in [0.1, 0.15) is 81.3 Å². The first-order chi connectivity index (χ1) is 40.3. The Balaban J connectivity index is 0.000000158. The summed E-state index contributed by atoms with van der Waals surface area (Å²) in [6, 6.07) is 25.8. The number of hydrogen-bond acceptors (Lipinski definition) is 18. The van der Waals surface area contributed by atoms with Gasteiger partial charge in [0.05, 0.1) is 79.1 Å². The molecule has 0 saturated carbocycles. The van der Waals surface area contributed by atoms with Crippen LogP contribution in [0.2, 0.25) is 5.02 Å². The van der Waals surface area contributed by atoms with Crippen LogP contribution < -0.4 is 24.4 Å². The topological polar surface area (TPSA) is 240 Å². The van der Waals surface area contributed by atoms with E-state index in [1.54, 1.807) is 95.4 Å². The van der Waals surface area contributed by atoms with E-state index in [0.29, 0.717) is 116 Å². The quantitative estimate of drug-likeness (QED) is 0.103. The van der Waals surface area contributed by atoms with Gasteiger partial charge in [-0.15, -0.1) is 0 Å². The molecule has 9 heterocycles. The van der Waals surface area contributed by atoms with Crippen molar-refractivity contribution in [3.63, 3.8) is 0 Å². The van der Waals surface area contributed by atoms with Crippen molar-refractivity contribution in [3.8, 4) is 68.9 Å². The third kappa shape index (κ3) is 13.3. The van der Waals surface area contributed by atoms with E-state index < -0.39 is 18.3 Å². The van der Waals surface area contributed by atoms with Crippen molar-refractivity contribution in [1.29, 1.82) is 10.5 Å². The molecule has 3 aliphatic heterocycles. The Bertz CT molecular complexity index is 3770. The molecule has 20 nitrogen and oxygen atoms in total. The Morgan fingerprint density at radius 1 is 0.595 bits per heavy atom. The van der Waals surface area contributed by atoms with Crippen molar-refractivity contribution >= 4 is 58.2 Å². The number of methoxy groups -OCH3 is 2. The number of fused-ring (bicyclic) bond motifs is 2. The maximum absolute atomic E-state index is 12.3. The minimum absolute atomic E-state index is 0.0370. The number of furan rings is 2. The maximum Gasteiger partial charge on any atom is 0.494 e. The second-order valence-corrected chi connectivity index (χ2v) is 21.8. The Kier molecular flexibility index (Phi) is 18.5. The van der Waals surface area contributed by atoms with Gasteiger partial charge in [-0.1, -0.05) is 23.7 Å². The lowest BCUT2D eigenvalue weighted by molar-refractivity contribution is 0.00578. The Morgan fingerprint density at radius 3 is 1.54 bits per heavy atom. The van der Waals surface area contributed by atoms with Crippen LogP contribution in [-0.4, -0.2) is 141 Å². The highest BCUT2D eigenvalue weighted by Crippen LogP contribution is 2.40. The zero-order chi connectivity index (χ0) is 59.9. The summed E-state index contributed by atoms with van der Waals surface area (Å²) in [6.07, 6.45) is 9.86.